The van der Waals surface area contributed by atoms with Gasteiger partial charge >= 0.3 is 0 Å². The molecule has 2 aromatic rings. The lowest BCUT2D eigenvalue weighted by atomic mass is 10.1. The fourth-order valence-corrected chi connectivity index (χ4v) is 2.89. The van der Waals surface area contributed by atoms with Gasteiger partial charge in [-0.3, -0.25) is 4.79 Å². The Kier molecular flexibility index (Phi) is 6.73. The molecule has 0 unspecified atom stereocenters. The van der Waals surface area contributed by atoms with Gasteiger partial charge in [0.25, 0.3) is 0 Å². The fraction of sp³-hybridized carbons (Fsp3) is 0.211. The Hall–Kier alpha value is -2.17. The van der Waals surface area contributed by atoms with Crippen molar-refractivity contribution in [3.63, 3.8) is 0 Å². The molecule has 1 amide bonds. The number of hydrogen-bond donors (Lipinski definition) is 1. The van der Waals surface area contributed by atoms with Crippen LogP contribution in [0.4, 0.5) is 0 Å². The van der Waals surface area contributed by atoms with Crippen molar-refractivity contribution >= 4 is 35.2 Å². The van der Waals surface area contributed by atoms with Crippen LogP contribution in [0, 0.1) is 0 Å². The monoisotopic (exact) mass is 379 g/mol. The van der Waals surface area contributed by atoms with Gasteiger partial charge in [-0.15, -0.1) is 0 Å². The molecule has 0 aliphatic rings. The van der Waals surface area contributed by atoms with Crippen LogP contribution in [0.1, 0.15) is 24.1 Å². The van der Waals surface area contributed by atoms with Crippen molar-refractivity contribution in [1.29, 1.82) is 0 Å². The first-order valence-corrected chi connectivity index (χ1v) is 8.35. The molecule has 0 aliphatic heterocycles. The first-order valence-electron chi connectivity index (χ1n) is 7.60. The molecule has 4 nitrogen and oxygen atoms in total. The Morgan fingerprint density at radius 3 is 2.44 bits per heavy atom. The fourth-order valence-electron chi connectivity index (χ4n) is 2.32. The topological polar surface area (TPSA) is 47.6 Å². The van der Waals surface area contributed by atoms with E-state index in [0.717, 1.165) is 11.1 Å². The highest BCUT2D eigenvalue weighted by Gasteiger charge is 2.11. The second kappa shape index (κ2) is 8.79. The van der Waals surface area contributed by atoms with E-state index in [4.69, 9.17) is 32.7 Å². The van der Waals surface area contributed by atoms with Crippen molar-refractivity contribution in [1.82, 2.24) is 5.32 Å². The molecule has 0 heterocycles. The van der Waals surface area contributed by atoms with Crippen molar-refractivity contribution in [3.05, 3.63) is 63.6 Å². The molecule has 0 aromatic heterocycles. The number of carbonyl (C=O) groups excluding carboxylic acids is 1. The van der Waals surface area contributed by atoms with Crippen LogP contribution in [0.25, 0.3) is 6.08 Å². The summed E-state index contributed by atoms with van der Waals surface area (Å²) in [5, 5.41) is 3.94. The number of nitrogens with one attached hydrogen (secondary N) is 1. The summed E-state index contributed by atoms with van der Waals surface area (Å²) in [4.78, 5) is 12.1. The van der Waals surface area contributed by atoms with E-state index in [2.05, 4.69) is 5.32 Å². The Labute approximate surface area is 157 Å². The minimum Gasteiger partial charge on any atom is -0.493 e. The van der Waals surface area contributed by atoms with E-state index in [1.165, 1.54) is 6.08 Å². The van der Waals surface area contributed by atoms with Crippen molar-refractivity contribution in [2.24, 2.45) is 0 Å². The second-order valence-electron chi connectivity index (χ2n) is 5.34. The van der Waals surface area contributed by atoms with Crippen molar-refractivity contribution in [2.75, 3.05) is 14.2 Å². The summed E-state index contributed by atoms with van der Waals surface area (Å²) in [6.45, 7) is 1.86. The Morgan fingerprint density at radius 2 is 1.80 bits per heavy atom. The molecule has 1 N–H and O–H groups in total. The first-order chi connectivity index (χ1) is 11.9. The zero-order chi connectivity index (χ0) is 18.4. The third-order valence-corrected chi connectivity index (χ3v) is 4.18. The first kappa shape index (κ1) is 19.2. The summed E-state index contributed by atoms with van der Waals surface area (Å²) in [6, 6.07) is 10.4. The van der Waals surface area contributed by atoms with Crippen LogP contribution in [0.2, 0.25) is 10.0 Å². The van der Waals surface area contributed by atoms with E-state index < -0.39 is 0 Å². The molecule has 0 fully saturated rings. The van der Waals surface area contributed by atoms with Crippen molar-refractivity contribution in [3.8, 4) is 11.5 Å². The Balaban J connectivity index is 2.05. The second-order valence-corrected chi connectivity index (χ2v) is 6.19. The van der Waals surface area contributed by atoms with Crippen LogP contribution in [0.15, 0.2) is 42.5 Å². The van der Waals surface area contributed by atoms with Crippen LogP contribution < -0.4 is 14.8 Å². The van der Waals surface area contributed by atoms with Crippen LogP contribution in [0.5, 0.6) is 11.5 Å². The van der Waals surface area contributed by atoms with E-state index in [-0.39, 0.29) is 11.9 Å². The molecule has 132 valence electrons. The molecular formula is C19H19Cl2NO3. The number of carbonyl (C=O) groups is 1. The van der Waals surface area contributed by atoms with Gasteiger partial charge in [-0.1, -0.05) is 35.3 Å². The summed E-state index contributed by atoms with van der Waals surface area (Å²) in [5.41, 5.74) is 1.63. The molecule has 2 rings (SSSR count). The van der Waals surface area contributed by atoms with Gasteiger partial charge in [-0.2, -0.15) is 0 Å². The molecule has 0 bridgehead atoms. The third-order valence-electron chi connectivity index (χ3n) is 3.62. The van der Waals surface area contributed by atoms with Gasteiger partial charge in [0.15, 0.2) is 11.5 Å². The number of rotatable bonds is 6. The molecule has 0 aliphatic carbocycles. The zero-order valence-corrected chi connectivity index (χ0v) is 15.7. The maximum Gasteiger partial charge on any atom is 0.244 e. The predicted octanol–water partition coefficient (Wildman–Crippen LogP) is 4.90. The molecule has 0 saturated heterocycles. The van der Waals surface area contributed by atoms with E-state index in [1.807, 2.05) is 13.0 Å². The van der Waals surface area contributed by atoms with Crippen LogP contribution in [0.3, 0.4) is 0 Å². The number of halogens is 2. The Morgan fingerprint density at radius 1 is 1.08 bits per heavy atom. The minimum atomic E-state index is -0.243. The van der Waals surface area contributed by atoms with Gasteiger partial charge in [0.05, 0.1) is 20.3 Å². The van der Waals surface area contributed by atoms with Gasteiger partial charge in [0.2, 0.25) is 5.91 Å². The van der Waals surface area contributed by atoms with Crippen molar-refractivity contribution in [2.45, 2.75) is 13.0 Å². The number of methoxy groups -OCH3 is 2. The van der Waals surface area contributed by atoms with Gasteiger partial charge in [-0.05, 0) is 48.4 Å². The molecule has 0 spiro atoms. The summed E-state index contributed by atoms with van der Waals surface area (Å²) < 4.78 is 10.4. The largest absolute Gasteiger partial charge is 0.493 e. The van der Waals surface area contributed by atoms with E-state index in [9.17, 15) is 4.79 Å². The third kappa shape index (κ3) is 5.15. The highest BCUT2D eigenvalue weighted by atomic mass is 35.5. The number of hydrogen-bond acceptors (Lipinski definition) is 3. The van der Waals surface area contributed by atoms with Crippen LogP contribution >= 0.6 is 23.2 Å². The smallest absolute Gasteiger partial charge is 0.244 e. The van der Waals surface area contributed by atoms with Gasteiger partial charge in [0.1, 0.15) is 0 Å². The average Bonchev–Trinajstić information content (AvgIpc) is 2.59. The standard InChI is InChI=1S/C19H19Cl2NO3/c1-12(15-7-6-14(20)11-16(15)21)22-19(23)9-5-13-4-8-17(24-2)18(10-13)25-3/h4-12H,1-3H3,(H,22,23)/b9-5+/t12-/m0/s1. The summed E-state index contributed by atoms with van der Waals surface area (Å²) in [5.74, 6) is 1.01. The molecule has 1 atom stereocenters. The van der Waals surface area contributed by atoms with E-state index in [0.29, 0.717) is 21.5 Å². The highest BCUT2D eigenvalue weighted by molar-refractivity contribution is 6.35. The lowest BCUT2D eigenvalue weighted by molar-refractivity contribution is -0.117. The average molecular weight is 380 g/mol. The summed E-state index contributed by atoms with van der Waals surface area (Å²) in [7, 11) is 3.14. The van der Waals surface area contributed by atoms with E-state index >= 15 is 0 Å². The Bertz CT molecular complexity index is 790. The summed E-state index contributed by atoms with van der Waals surface area (Å²) in [6.07, 6.45) is 3.16. The normalized spacial score (nSPS) is 12.0. The van der Waals surface area contributed by atoms with Crippen molar-refractivity contribution < 1.29 is 14.3 Å². The minimum absolute atomic E-state index is 0.228. The maximum atomic E-state index is 12.1. The number of amides is 1. The van der Waals surface area contributed by atoms with Gasteiger partial charge in [-0.25, -0.2) is 0 Å². The molecule has 25 heavy (non-hydrogen) atoms. The molecular weight excluding hydrogens is 361 g/mol. The molecule has 6 heteroatoms. The summed E-state index contributed by atoms with van der Waals surface area (Å²) >= 11 is 12.1. The molecule has 0 radical (unpaired) electrons. The number of ether oxygens (including phenoxy) is 2. The maximum absolute atomic E-state index is 12.1. The SMILES string of the molecule is COc1ccc(/C=C/C(=O)N[C@@H](C)c2ccc(Cl)cc2Cl)cc1OC. The van der Waals surface area contributed by atoms with Crippen LogP contribution in [-0.4, -0.2) is 20.1 Å². The lowest BCUT2D eigenvalue weighted by Gasteiger charge is -2.14. The van der Waals surface area contributed by atoms with Gasteiger partial charge in [0, 0.05) is 16.1 Å². The van der Waals surface area contributed by atoms with Gasteiger partial charge < -0.3 is 14.8 Å². The predicted molar refractivity (Wildman–Crippen MR) is 102 cm³/mol. The zero-order valence-electron chi connectivity index (χ0n) is 14.2. The molecule has 2 aromatic carbocycles. The number of benzene rings is 2. The highest BCUT2D eigenvalue weighted by Crippen LogP contribution is 2.28. The van der Waals surface area contributed by atoms with Crippen LogP contribution in [-0.2, 0) is 4.79 Å². The van der Waals surface area contributed by atoms with E-state index in [1.54, 1.807) is 50.6 Å². The lowest BCUT2D eigenvalue weighted by Crippen LogP contribution is -2.24. The molecule has 0 saturated carbocycles. The quantitative estimate of drug-likeness (QED) is 0.725.